The highest BCUT2D eigenvalue weighted by molar-refractivity contribution is 5.79. The summed E-state index contributed by atoms with van der Waals surface area (Å²) >= 11 is 0. The third kappa shape index (κ3) is 4.52. The van der Waals surface area contributed by atoms with Gasteiger partial charge in [-0.2, -0.15) is 0 Å². The second kappa shape index (κ2) is 6.81. The third-order valence-electron chi connectivity index (χ3n) is 3.77. The quantitative estimate of drug-likeness (QED) is 0.184. The highest BCUT2D eigenvalue weighted by atomic mass is 16.4. The number of hydrogen-bond donors (Lipinski definition) is 4. The molecule has 0 saturated heterocycles. The molecule has 100 valence electrons. The third-order valence-corrected chi connectivity index (χ3v) is 3.77. The lowest BCUT2D eigenvalue weighted by Crippen LogP contribution is -2.51. The number of aliphatic hydroxyl groups excluding tert-OH is 1. The van der Waals surface area contributed by atoms with E-state index in [-0.39, 0.29) is 18.0 Å². The Balaban J connectivity index is 2.27. The molecule has 0 bridgehead atoms. The Morgan fingerprint density at radius 1 is 1.47 bits per heavy atom. The number of nitrogens with zero attached hydrogens (tertiary/aromatic N) is 1. The number of hydrogen-bond acceptors (Lipinski definition) is 4. The Bertz CT molecular complexity index is 248. The van der Waals surface area contributed by atoms with E-state index in [2.05, 4.69) is 17.4 Å². The molecule has 0 unspecified atom stereocenters. The van der Waals surface area contributed by atoms with Crippen molar-refractivity contribution in [2.45, 2.75) is 51.0 Å². The molecule has 5 heteroatoms. The molecule has 5 nitrogen and oxygen atoms in total. The molecule has 0 amide bonds. The van der Waals surface area contributed by atoms with Crippen LogP contribution in [-0.2, 0) is 0 Å². The topological polar surface area (TPSA) is 90.9 Å². The Kier molecular flexibility index (Phi) is 5.71. The van der Waals surface area contributed by atoms with Crippen LogP contribution in [-0.4, -0.2) is 34.8 Å². The maximum atomic E-state index is 9.53. The first-order chi connectivity index (χ1) is 8.12. The van der Waals surface area contributed by atoms with Gasteiger partial charge in [-0.1, -0.05) is 12.1 Å². The van der Waals surface area contributed by atoms with E-state index < -0.39 is 0 Å². The highest BCUT2D eigenvalue weighted by Gasteiger charge is 2.32. The van der Waals surface area contributed by atoms with E-state index in [9.17, 15) is 5.11 Å². The molecule has 17 heavy (non-hydrogen) atoms. The minimum absolute atomic E-state index is 0.0996. The molecule has 1 fully saturated rings. The first-order valence-corrected chi connectivity index (χ1v) is 6.44. The number of oxime groups is 1. The van der Waals surface area contributed by atoms with Crippen LogP contribution in [0.5, 0.6) is 0 Å². The lowest BCUT2D eigenvalue weighted by molar-refractivity contribution is 0.106. The zero-order valence-electron chi connectivity index (χ0n) is 10.7. The summed E-state index contributed by atoms with van der Waals surface area (Å²) in [7, 11) is 0. The Hall–Kier alpha value is -0.810. The average molecular weight is 243 g/mol. The van der Waals surface area contributed by atoms with E-state index in [1.165, 1.54) is 12.8 Å². The van der Waals surface area contributed by atoms with Gasteiger partial charge in [-0.15, -0.1) is 0 Å². The summed E-state index contributed by atoms with van der Waals surface area (Å²) in [4.78, 5) is 0. The van der Waals surface area contributed by atoms with Crippen molar-refractivity contribution in [1.29, 1.82) is 0 Å². The summed E-state index contributed by atoms with van der Waals surface area (Å²) in [5.74, 6) is 1.04. The molecular weight excluding hydrogens is 218 g/mol. The summed E-state index contributed by atoms with van der Waals surface area (Å²) in [5.41, 5.74) is 5.30. The van der Waals surface area contributed by atoms with Gasteiger partial charge < -0.3 is 21.4 Å². The van der Waals surface area contributed by atoms with Crippen molar-refractivity contribution in [3.63, 3.8) is 0 Å². The smallest absolute Gasteiger partial charge is 0.139 e. The Labute approximate surface area is 103 Å². The van der Waals surface area contributed by atoms with E-state index in [1.807, 2.05) is 0 Å². The lowest BCUT2D eigenvalue weighted by atomic mass is 9.77. The van der Waals surface area contributed by atoms with Gasteiger partial charge in [0.2, 0.25) is 0 Å². The first kappa shape index (κ1) is 14.3. The summed E-state index contributed by atoms with van der Waals surface area (Å²) < 4.78 is 0. The van der Waals surface area contributed by atoms with E-state index in [0.717, 1.165) is 31.7 Å². The summed E-state index contributed by atoms with van der Waals surface area (Å²) in [5, 5.41) is 24.3. The van der Waals surface area contributed by atoms with Gasteiger partial charge in [0.25, 0.3) is 0 Å². The second-order valence-electron chi connectivity index (χ2n) is 5.24. The molecule has 1 aliphatic rings. The predicted molar refractivity (Wildman–Crippen MR) is 68.1 cm³/mol. The van der Waals surface area contributed by atoms with Gasteiger partial charge in [0.05, 0.1) is 6.61 Å². The van der Waals surface area contributed by atoms with Crippen LogP contribution in [0.1, 0.15) is 45.4 Å². The van der Waals surface area contributed by atoms with Gasteiger partial charge in [0, 0.05) is 12.0 Å². The maximum absolute atomic E-state index is 9.53. The minimum Gasteiger partial charge on any atom is -0.409 e. The first-order valence-electron chi connectivity index (χ1n) is 6.44. The molecule has 0 heterocycles. The van der Waals surface area contributed by atoms with Crippen LogP contribution in [0.2, 0.25) is 0 Å². The molecule has 0 atom stereocenters. The number of rotatable bonds is 6. The van der Waals surface area contributed by atoms with Gasteiger partial charge in [0.1, 0.15) is 5.84 Å². The molecule has 0 aliphatic heterocycles. The fourth-order valence-electron chi connectivity index (χ4n) is 2.38. The van der Waals surface area contributed by atoms with Crippen LogP contribution in [0.15, 0.2) is 5.16 Å². The van der Waals surface area contributed by atoms with Crippen molar-refractivity contribution in [2.24, 2.45) is 16.8 Å². The molecule has 0 spiro atoms. The van der Waals surface area contributed by atoms with E-state index in [0.29, 0.717) is 6.42 Å². The molecule has 1 rings (SSSR count). The van der Waals surface area contributed by atoms with E-state index >= 15 is 0 Å². The van der Waals surface area contributed by atoms with E-state index in [1.54, 1.807) is 0 Å². The van der Waals surface area contributed by atoms with Crippen LogP contribution in [0, 0.1) is 5.92 Å². The SMILES string of the molecule is CC1CCC(CO)(NCCC/C(N)=N/O)CC1. The molecule has 1 aliphatic carbocycles. The molecular formula is C12H25N3O2. The van der Waals surface area contributed by atoms with Crippen molar-refractivity contribution in [3.8, 4) is 0 Å². The summed E-state index contributed by atoms with van der Waals surface area (Å²) in [6, 6.07) is 0. The number of nitrogens with one attached hydrogen (secondary N) is 1. The van der Waals surface area contributed by atoms with Crippen molar-refractivity contribution in [1.82, 2.24) is 5.32 Å². The van der Waals surface area contributed by atoms with Crippen LogP contribution >= 0.6 is 0 Å². The maximum Gasteiger partial charge on any atom is 0.139 e. The van der Waals surface area contributed by atoms with Crippen molar-refractivity contribution < 1.29 is 10.3 Å². The standard InChI is InChI=1S/C12H25N3O2/c1-10-4-6-12(9-16,7-5-10)14-8-2-3-11(13)15-17/h10,14,16-17H,2-9H2,1H3,(H2,13,15). The summed E-state index contributed by atoms with van der Waals surface area (Å²) in [6.07, 6.45) is 5.83. The van der Waals surface area contributed by atoms with Gasteiger partial charge in [0.15, 0.2) is 0 Å². The Morgan fingerprint density at radius 3 is 2.65 bits per heavy atom. The van der Waals surface area contributed by atoms with Gasteiger partial charge in [-0.3, -0.25) is 0 Å². The number of nitrogens with two attached hydrogens (primary N) is 1. The van der Waals surface area contributed by atoms with Crippen LogP contribution in [0.25, 0.3) is 0 Å². The lowest BCUT2D eigenvalue weighted by Gasteiger charge is -2.39. The fraction of sp³-hybridized carbons (Fsp3) is 0.917. The van der Waals surface area contributed by atoms with Crippen molar-refractivity contribution in [2.75, 3.05) is 13.2 Å². The predicted octanol–water partition coefficient (Wildman–Crippen LogP) is 1.04. The Morgan fingerprint density at radius 2 is 2.12 bits per heavy atom. The molecule has 0 aromatic heterocycles. The zero-order valence-corrected chi connectivity index (χ0v) is 10.7. The number of amidine groups is 1. The van der Waals surface area contributed by atoms with Gasteiger partial charge in [-0.25, -0.2) is 0 Å². The van der Waals surface area contributed by atoms with Crippen molar-refractivity contribution >= 4 is 5.84 Å². The van der Waals surface area contributed by atoms with Gasteiger partial charge >= 0.3 is 0 Å². The fourth-order valence-corrected chi connectivity index (χ4v) is 2.38. The molecule has 0 radical (unpaired) electrons. The van der Waals surface area contributed by atoms with E-state index in [4.69, 9.17) is 10.9 Å². The largest absolute Gasteiger partial charge is 0.409 e. The highest BCUT2D eigenvalue weighted by Crippen LogP contribution is 2.31. The molecule has 0 aromatic rings. The number of aliphatic hydroxyl groups is 1. The average Bonchev–Trinajstić information content (AvgIpc) is 2.37. The zero-order chi connectivity index (χ0) is 12.7. The molecule has 0 aromatic carbocycles. The van der Waals surface area contributed by atoms with Crippen molar-refractivity contribution in [3.05, 3.63) is 0 Å². The van der Waals surface area contributed by atoms with Gasteiger partial charge in [-0.05, 0) is 44.6 Å². The van der Waals surface area contributed by atoms with Crippen LogP contribution < -0.4 is 11.1 Å². The minimum atomic E-state index is -0.0996. The molecule has 5 N–H and O–H groups in total. The second-order valence-corrected chi connectivity index (χ2v) is 5.24. The molecule has 1 saturated carbocycles. The van der Waals surface area contributed by atoms with Crippen LogP contribution in [0.4, 0.5) is 0 Å². The normalized spacial score (nSPS) is 30.5. The van der Waals surface area contributed by atoms with Crippen LogP contribution in [0.3, 0.4) is 0 Å². The monoisotopic (exact) mass is 243 g/mol. The summed E-state index contributed by atoms with van der Waals surface area (Å²) in [6.45, 7) is 3.26.